The standard InChI is InChI=1S/C11H11N3O/c1-12-11(15)9-4-2-3-8(5-9)10-6-13-14-7-10/h2-7H,1H3,(H,12,15)(H,13,14). The van der Waals surface area contributed by atoms with Crippen molar-refractivity contribution in [1.29, 1.82) is 0 Å². The largest absolute Gasteiger partial charge is 0.355 e. The number of rotatable bonds is 2. The highest BCUT2D eigenvalue weighted by Crippen LogP contribution is 2.18. The number of carbonyl (C=O) groups is 1. The zero-order chi connectivity index (χ0) is 10.7. The van der Waals surface area contributed by atoms with Crippen LogP contribution < -0.4 is 5.32 Å². The summed E-state index contributed by atoms with van der Waals surface area (Å²) in [5, 5.41) is 9.20. The van der Waals surface area contributed by atoms with E-state index in [4.69, 9.17) is 0 Å². The van der Waals surface area contributed by atoms with Gasteiger partial charge in [-0.1, -0.05) is 12.1 Å². The van der Waals surface area contributed by atoms with Gasteiger partial charge in [0.15, 0.2) is 0 Å². The summed E-state index contributed by atoms with van der Waals surface area (Å²) >= 11 is 0. The normalized spacial score (nSPS) is 9.93. The number of H-pyrrole nitrogens is 1. The Bertz CT molecular complexity index is 462. The third-order valence-corrected chi connectivity index (χ3v) is 2.18. The average molecular weight is 201 g/mol. The number of aromatic amines is 1. The smallest absolute Gasteiger partial charge is 0.251 e. The lowest BCUT2D eigenvalue weighted by Crippen LogP contribution is -2.17. The fourth-order valence-electron chi connectivity index (χ4n) is 1.39. The van der Waals surface area contributed by atoms with Crippen LogP contribution in [0.1, 0.15) is 10.4 Å². The minimum Gasteiger partial charge on any atom is -0.355 e. The van der Waals surface area contributed by atoms with E-state index >= 15 is 0 Å². The van der Waals surface area contributed by atoms with Gasteiger partial charge in [-0.2, -0.15) is 5.10 Å². The van der Waals surface area contributed by atoms with E-state index in [0.29, 0.717) is 5.56 Å². The minimum absolute atomic E-state index is 0.0830. The Morgan fingerprint density at radius 2 is 2.27 bits per heavy atom. The molecular formula is C11H11N3O. The fourth-order valence-corrected chi connectivity index (χ4v) is 1.39. The van der Waals surface area contributed by atoms with Crippen LogP contribution in [-0.4, -0.2) is 23.2 Å². The molecule has 0 bridgehead atoms. The molecule has 0 unspecified atom stereocenters. The van der Waals surface area contributed by atoms with Gasteiger partial charge < -0.3 is 5.32 Å². The van der Waals surface area contributed by atoms with E-state index in [0.717, 1.165) is 11.1 Å². The van der Waals surface area contributed by atoms with Gasteiger partial charge in [-0.05, 0) is 17.7 Å². The summed E-state index contributed by atoms with van der Waals surface area (Å²) in [5.74, 6) is -0.0830. The number of amides is 1. The molecule has 0 aliphatic carbocycles. The number of aromatic nitrogens is 2. The zero-order valence-corrected chi connectivity index (χ0v) is 8.32. The second kappa shape index (κ2) is 3.96. The monoisotopic (exact) mass is 201 g/mol. The quantitative estimate of drug-likeness (QED) is 0.772. The van der Waals surface area contributed by atoms with Crippen molar-refractivity contribution in [2.75, 3.05) is 7.05 Å². The van der Waals surface area contributed by atoms with Gasteiger partial charge in [0.1, 0.15) is 0 Å². The molecule has 0 fully saturated rings. The molecule has 1 amide bonds. The lowest BCUT2D eigenvalue weighted by Gasteiger charge is -2.01. The van der Waals surface area contributed by atoms with Gasteiger partial charge in [0.2, 0.25) is 0 Å². The maximum Gasteiger partial charge on any atom is 0.251 e. The molecular weight excluding hydrogens is 190 g/mol. The summed E-state index contributed by atoms with van der Waals surface area (Å²) < 4.78 is 0. The van der Waals surface area contributed by atoms with Crippen molar-refractivity contribution < 1.29 is 4.79 Å². The van der Waals surface area contributed by atoms with Crippen LogP contribution in [0.4, 0.5) is 0 Å². The molecule has 4 nitrogen and oxygen atoms in total. The average Bonchev–Trinajstić information content (AvgIpc) is 2.82. The highest BCUT2D eigenvalue weighted by atomic mass is 16.1. The van der Waals surface area contributed by atoms with Gasteiger partial charge in [-0.3, -0.25) is 9.89 Å². The SMILES string of the molecule is CNC(=O)c1cccc(-c2cn[nH]c2)c1. The van der Waals surface area contributed by atoms with Crippen LogP contribution in [0, 0.1) is 0 Å². The second-order valence-corrected chi connectivity index (χ2v) is 3.15. The van der Waals surface area contributed by atoms with Crippen molar-refractivity contribution in [1.82, 2.24) is 15.5 Å². The molecule has 2 N–H and O–H groups in total. The third kappa shape index (κ3) is 1.88. The molecule has 0 saturated heterocycles. The number of nitrogens with zero attached hydrogens (tertiary/aromatic N) is 1. The van der Waals surface area contributed by atoms with Gasteiger partial charge in [0.05, 0.1) is 6.20 Å². The second-order valence-electron chi connectivity index (χ2n) is 3.15. The Hall–Kier alpha value is -2.10. The molecule has 4 heteroatoms. The van der Waals surface area contributed by atoms with E-state index < -0.39 is 0 Å². The van der Waals surface area contributed by atoms with Crippen molar-refractivity contribution in [2.24, 2.45) is 0 Å². The maximum absolute atomic E-state index is 11.4. The summed E-state index contributed by atoms with van der Waals surface area (Å²) in [7, 11) is 1.62. The number of nitrogens with one attached hydrogen (secondary N) is 2. The first kappa shape index (κ1) is 9.45. The number of hydrogen-bond donors (Lipinski definition) is 2. The van der Waals surface area contributed by atoms with Crippen molar-refractivity contribution in [2.45, 2.75) is 0 Å². The van der Waals surface area contributed by atoms with Gasteiger partial charge in [0.25, 0.3) is 5.91 Å². The topological polar surface area (TPSA) is 57.8 Å². The summed E-state index contributed by atoms with van der Waals surface area (Å²) in [6.45, 7) is 0. The maximum atomic E-state index is 11.4. The highest BCUT2D eigenvalue weighted by molar-refractivity contribution is 5.95. The van der Waals surface area contributed by atoms with Gasteiger partial charge >= 0.3 is 0 Å². The predicted molar refractivity (Wildman–Crippen MR) is 57.4 cm³/mol. The van der Waals surface area contributed by atoms with Crippen molar-refractivity contribution in [3.8, 4) is 11.1 Å². The van der Waals surface area contributed by atoms with Crippen LogP contribution >= 0.6 is 0 Å². The third-order valence-electron chi connectivity index (χ3n) is 2.18. The van der Waals surface area contributed by atoms with E-state index in [1.807, 2.05) is 18.2 Å². The van der Waals surface area contributed by atoms with Crippen molar-refractivity contribution >= 4 is 5.91 Å². The van der Waals surface area contributed by atoms with Crippen LogP contribution in [0.3, 0.4) is 0 Å². The summed E-state index contributed by atoms with van der Waals surface area (Å²) in [5.41, 5.74) is 2.60. The van der Waals surface area contributed by atoms with Gasteiger partial charge in [-0.15, -0.1) is 0 Å². The molecule has 0 spiro atoms. The first-order valence-corrected chi connectivity index (χ1v) is 4.62. The van der Waals surface area contributed by atoms with Crippen LogP contribution in [0.25, 0.3) is 11.1 Å². The molecule has 0 aliphatic heterocycles. The number of benzene rings is 1. The first-order chi connectivity index (χ1) is 7.31. The van der Waals surface area contributed by atoms with E-state index in [1.54, 1.807) is 25.5 Å². The summed E-state index contributed by atoms with van der Waals surface area (Å²) in [6, 6.07) is 7.41. The Morgan fingerprint density at radius 3 is 2.93 bits per heavy atom. The Labute approximate surface area is 87.3 Å². The van der Waals surface area contributed by atoms with Crippen molar-refractivity contribution in [3.63, 3.8) is 0 Å². The highest BCUT2D eigenvalue weighted by Gasteiger charge is 2.04. The minimum atomic E-state index is -0.0830. The molecule has 1 heterocycles. The van der Waals surface area contributed by atoms with Crippen LogP contribution in [0.2, 0.25) is 0 Å². The molecule has 1 aromatic carbocycles. The van der Waals surface area contributed by atoms with Crippen LogP contribution in [0.5, 0.6) is 0 Å². The van der Waals surface area contributed by atoms with Crippen LogP contribution in [0.15, 0.2) is 36.7 Å². The Kier molecular flexibility index (Phi) is 2.49. The molecule has 0 radical (unpaired) electrons. The molecule has 0 atom stereocenters. The molecule has 76 valence electrons. The van der Waals surface area contributed by atoms with E-state index in [9.17, 15) is 4.79 Å². The molecule has 0 aliphatic rings. The lowest BCUT2D eigenvalue weighted by molar-refractivity contribution is 0.0963. The Balaban J connectivity index is 2.39. The van der Waals surface area contributed by atoms with E-state index in [1.165, 1.54) is 0 Å². The number of hydrogen-bond acceptors (Lipinski definition) is 2. The molecule has 15 heavy (non-hydrogen) atoms. The first-order valence-electron chi connectivity index (χ1n) is 4.62. The molecule has 1 aromatic heterocycles. The summed E-state index contributed by atoms with van der Waals surface area (Å²) in [4.78, 5) is 11.4. The fraction of sp³-hybridized carbons (Fsp3) is 0.0909. The lowest BCUT2D eigenvalue weighted by atomic mass is 10.1. The zero-order valence-electron chi connectivity index (χ0n) is 8.32. The molecule has 2 aromatic rings. The number of carbonyl (C=O) groups excluding carboxylic acids is 1. The van der Waals surface area contributed by atoms with E-state index in [2.05, 4.69) is 15.5 Å². The van der Waals surface area contributed by atoms with E-state index in [-0.39, 0.29) is 5.91 Å². The van der Waals surface area contributed by atoms with Gasteiger partial charge in [-0.25, -0.2) is 0 Å². The van der Waals surface area contributed by atoms with Crippen molar-refractivity contribution in [3.05, 3.63) is 42.2 Å². The van der Waals surface area contributed by atoms with Gasteiger partial charge in [0, 0.05) is 24.4 Å². The van der Waals surface area contributed by atoms with Crippen LogP contribution in [-0.2, 0) is 0 Å². The Morgan fingerprint density at radius 1 is 1.40 bits per heavy atom. The molecule has 0 saturated carbocycles. The molecule has 2 rings (SSSR count). The summed E-state index contributed by atoms with van der Waals surface area (Å²) in [6.07, 6.45) is 3.52. The predicted octanol–water partition coefficient (Wildman–Crippen LogP) is 1.44.